The van der Waals surface area contributed by atoms with Crippen LogP contribution in [0.25, 0.3) is 0 Å². The van der Waals surface area contributed by atoms with Gasteiger partial charge in [0.1, 0.15) is 17.5 Å². The molecule has 2 fully saturated rings. The minimum Gasteiger partial charge on any atom is -0.356 e. The van der Waals surface area contributed by atoms with Gasteiger partial charge in [0.2, 0.25) is 0 Å². The van der Waals surface area contributed by atoms with E-state index in [0.717, 1.165) is 50.2 Å². The fraction of sp³-hybridized carbons (Fsp3) is 0.500. The predicted octanol–water partition coefficient (Wildman–Crippen LogP) is 2.02. The smallest absolute Gasteiger partial charge is 0.255 e. The van der Waals surface area contributed by atoms with Crippen LogP contribution < -0.4 is 4.90 Å². The molecule has 0 bridgehead atoms. The molecule has 6 nitrogen and oxygen atoms in total. The molecule has 1 amide bonds. The molecule has 2 aromatic heterocycles. The van der Waals surface area contributed by atoms with Crippen molar-refractivity contribution in [1.82, 2.24) is 19.9 Å². The summed E-state index contributed by atoms with van der Waals surface area (Å²) in [6.45, 7) is 5.22. The number of fused-ring (bicyclic) bond motifs is 2. The van der Waals surface area contributed by atoms with Crippen LogP contribution in [-0.2, 0) is 12.8 Å². The molecule has 0 saturated carbocycles. The first-order chi connectivity index (χ1) is 13.1. The molecule has 4 heterocycles. The van der Waals surface area contributed by atoms with Gasteiger partial charge in [-0.2, -0.15) is 0 Å². The highest BCUT2D eigenvalue weighted by Gasteiger charge is 2.43. The van der Waals surface area contributed by atoms with Crippen LogP contribution in [0.15, 0.2) is 18.5 Å². The van der Waals surface area contributed by atoms with E-state index in [4.69, 9.17) is 4.98 Å². The Bertz CT molecular complexity index is 903. The zero-order chi connectivity index (χ0) is 18.5. The van der Waals surface area contributed by atoms with Gasteiger partial charge in [-0.15, -0.1) is 0 Å². The van der Waals surface area contributed by atoms with E-state index in [1.54, 1.807) is 0 Å². The van der Waals surface area contributed by atoms with Crippen molar-refractivity contribution in [2.24, 2.45) is 11.8 Å². The van der Waals surface area contributed by atoms with Crippen molar-refractivity contribution in [2.75, 3.05) is 31.1 Å². The largest absolute Gasteiger partial charge is 0.356 e. The van der Waals surface area contributed by atoms with Gasteiger partial charge in [-0.1, -0.05) is 0 Å². The number of carbonyl (C=O) groups is 1. The Kier molecular flexibility index (Phi) is 3.84. The Balaban J connectivity index is 1.31. The number of hydrogen-bond acceptors (Lipinski definition) is 5. The molecule has 0 N–H and O–H groups in total. The first-order valence-electron chi connectivity index (χ1n) is 9.59. The Morgan fingerprint density at radius 1 is 1.11 bits per heavy atom. The third-order valence-corrected chi connectivity index (χ3v) is 6.05. The summed E-state index contributed by atoms with van der Waals surface area (Å²) in [7, 11) is 0. The summed E-state index contributed by atoms with van der Waals surface area (Å²) in [5, 5.41) is 0. The molecular weight excluding hydrogens is 345 g/mol. The number of amides is 1. The molecule has 2 atom stereocenters. The molecule has 2 saturated heterocycles. The maximum absolute atomic E-state index is 13.4. The summed E-state index contributed by atoms with van der Waals surface area (Å²) in [5.74, 6) is 2.22. The lowest BCUT2D eigenvalue weighted by Gasteiger charge is -2.24. The predicted molar refractivity (Wildman–Crippen MR) is 98.1 cm³/mol. The average molecular weight is 367 g/mol. The van der Waals surface area contributed by atoms with Gasteiger partial charge < -0.3 is 9.80 Å². The van der Waals surface area contributed by atoms with Crippen LogP contribution >= 0.6 is 0 Å². The summed E-state index contributed by atoms with van der Waals surface area (Å²) >= 11 is 0. The van der Waals surface area contributed by atoms with E-state index in [9.17, 15) is 9.18 Å². The molecule has 0 spiro atoms. The number of hydrogen-bond donors (Lipinski definition) is 0. The summed E-state index contributed by atoms with van der Waals surface area (Å²) in [4.78, 5) is 30.1. The van der Waals surface area contributed by atoms with Gasteiger partial charge in [-0.25, -0.2) is 14.4 Å². The zero-order valence-electron chi connectivity index (χ0n) is 15.4. The Morgan fingerprint density at radius 3 is 2.63 bits per heavy atom. The first kappa shape index (κ1) is 16.6. The lowest BCUT2D eigenvalue weighted by molar-refractivity contribution is 0.0781. The molecule has 2 unspecified atom stereocenters. The van der Waals surface area contributed by atoms with Crippen molar-refractivity contribution in [3.05, 3.63) is 46.9 Å². The molecule has 2 aliphatic heterocycles. The molecule has 2 aromatic rings. The molecule has 1 aliphatic carbocycles. The van der Waals surface area contributed by atoms with Crippen molar-refractivity contribution in [3.63, 3.8) is 0 Å². The Hall–Kier alpha value is -2.57. The molecular formula is C20H22FN5O. The summed E-state index contributed by atoms with van der Waals surface area (Å²) in [6.07, 6.45) is 5.84. The highest BCUT2D eigenvalue weighted by atomic mass is 19.1. The number of likely N-dealkylation sites (tertiary alicyclic amines) is 1. The van der Waals surface area contributed by atoms with Crippen molar-refractivity contribution < 1.29 is 9.18 Å². The van der Waals surface area contributed by atoms with Crippen LogP contribution in [0.4, 0.5) is 10.2 Å². The zero-order valence-corrected chi connectivity index (χ0v) is 15.4. The van der Waals surface area contributed by atoms with Gasteiger partial charge in [0.05, 0.1) is 11.8 Å². The maximum atomic E-state index is 13.4. The molecule has 0 aromatic carbocycles. The van der Waals surface area contributed by atoms with Crippen LogP contribution in [0.2, 0.25) is 0 Å². The lowest BCUT2D eigenvalue weighted by Crippen LogP contribution is -2.34. The monoisotopic (exact) mass is 367 g/mol. The number of nitrogens with zero attached hydrogens (tertiary/aromatic N) is 5. The van der Waals surface area contributed by atoms with Crippen LogP contribution in [0.3, 0.4) is 0 Å². The molecule has 3 aliphatic rings. The van der Waals surface area contributed by atoms with Crippen LogP contribution in [0.5, 0.6) is 0 Å². The lowest BCUT2D eigenvalue weighted by atomic mass is 10.0. The van der Waals surface area contributed by atoms with Gasteiger partial charge in [-0.3, -0.25) is 9.78 Å². The van der Waals surface area contributed by atoms with Crippen LogP contribution in [-0.4, -0.2) is 51.9 Å². The van der Waals surface area contributed by atoms with Gasteiger partial charge >= 0.3 is 0 Å². The average Bonchev–Trinajstić information content (AvgIpc) is 3.34. The van der Waals surface area contributed by atoms with E-state index in [2.05, 4.69) is 14.9 Å². The Morgan fingerprint density at radius 2 is 1.89 bits per heavy atom. The number of rotatable bonds is 2. The minimum absolute atomic E-state index is 0.123. The molecule has 27 heavy (non-hydrogen) atoms. The topological polar surface area (TPSA) is 62.2 Å². The highest BCUT2D eigenvalue weighted by molar-refractivity contribution is 5.94. The second-order valence-corrected chi connectivity index (χ2v) is 7.90. The quantitative estimate of drug-likeness (QED) is 0.813. The van der Waals surface area contributed by atoms with Gasteiger partial charge in [0, 0.05) is 55.5 Å². The SMILES string of the molecule is Cc1nc2c(c(N3CC4CN(C(=O)c5cncc(F)c5)CC4C3)n1)CCC2. The first-order valence-corrected chi connectivity index (χ1v) is 9.59. The molecule has 0 radical (unpaired) electrons. The van der Waals surface area contributed by atoms with Crippen LogP contribution in [0.1, 0.15) is 33.9 Å². The fourth-order valence-electron chi connectivity index (χ4n) is 4.84. The van der Waals surface area contributed by atoms with E-state index in [0.29, 0.717) is 30.5 Å². The molecule has 5 rings (SSSR count). The van der Waals surface area contributed by atoms with E-state index in [1.807, 2.05) is 11.8 Å². The Labute approximate surface area is 157 Å². The third-order valence-electron chi connectivity index (χ3n) is 6.05. The highest BCUT2D eigenvalue weighted by Crippen LogP contribution is 2.37. The van der Waals surface area contributed by atoms with E-state index in [-0.39, 0.29) is 5.91 Å². The standard InChI is InChI=1S/C20H22FN5O/c1-12-23-18-4-2-3-17(18)19(24-12)25-8-14-10-26(11-15(14)9-25)20(27)13-5-16(21)7-22-6-13/h5-7,14-15H,2-4,8-11H2,1H3. The minimum atomic E-state index is -0.473. The van der Waals surface area contributed by atoms with Crippen LogP contribution in [0, 0.1) is 24.6 Å². The number of pyridine rings is 1. The van der Waals surface area contributed by atoms with Gasteiger partial charge in [0.15, 0.2) is 0 Å². The van der Waals surface area contributed by atoms with Crippen molar-refractivity contribution in [2.45, 2.75) is 26.2 Å². The fourth-order valence-corrected chi connectivity index (χ4v) is 4.84. The van der Waals surface area contributed by atoms with E-state index >= 15 is 0 Å². The second kappa shape index (κ2) is 6.25. The van der Waals surface area contributed by atoms with Crippen molar-refractivity contribution in [3.8, 4) is 0 Å². The number of halogens is 1. The third kappa shape index (κ3) is 2.85. The number of carbonyl (C=O) groups excluding carboxylic acids is 1. The maximum Gasteiger partial charge on any atom is 0.255 e. The van der Waals surface area contributed by atoms with Gasteiger partial charge in [-0.05, 0) is 32.3 Å². The van der Waals surface area contributed by atoms with Crippen molar-refractivity contribution in [1.29, 1.82) is 0 Å². The van der Waals surface area contributed by atoms with E-state index < -0.39 is 5.82 Å². The van der Waals surface area contributed by atoms with Crippen molar-refractivity contribution >= 4 is 11.7 Å². The number of aryl methyl sites for hydroxylation is 2. The number of anilines is 1. The van der Waals surface area contributed by atoms with Gasteiger partial charge in [0.25, 0.3) is 5.91 Å². The normalized spacial score (nSPS) is 23.6. The van der Waals surface area contributed by atoms with E-state index in [1.165, 1.54) is 23.5 Å². The summed E-state index contributed by atoms with van der Waals surface area (Å²) < 4.78 is 13.4. The summed E-state index contributed by atoms with van der Waals surface area (Å²) in [6, 6.07) is 1.27. The molecule has 7 heteroatoms. The summed E-state index contributed by atoms with van der Waals surface area (Å²) in [5.41, 5.74) is 2.86. The molecule has 140 valence electrons. The second-order valence-electron chi connectivity index (χ2n) is 7.90. The number of aromatic nitrogens is 3.